The van der Waals surface area contributed by atoms with Gasteiger partial charge in [0, 0.05) is 29.0 Å². The fourth-order valence-electron chi connectivity index (χ4n) is 3.13. The Labute approximate surface area is 151 Å². The van der Waals surface area contributed by atoms with E-state index in [1.54, 1.807) is 6.20 Å². The summed E-state index contributed by atoms with van der Waals surface area (Å²) in [7, 11) is 0. The van der Waals surface area contributed by atoms with Gasteiger partial charge in [0.15, 0.2) is 0 Å². The van der Waals surface area contributed by atoms with Gasteiger partial charge < -0.3 is 10.3 Å². The summed E-state index contributed by atoms with van der Waals surface area (Å²) in [5.41, 5.74) is 11.4. The summed E-state index contributed by atoms with van der Waals surface area (Å²) in [6, 6.07) is 18.2. The summed E-state index contributed by atoms with van der Waals surface area (Å²) in [5, 5.41) is 10.2. The molecule has 5 nitrogen and oxygen atoms in total. The molecule has 2 N–H and O–H groups in total. The van der Waals surface area contributed by atoms with Crippen LogP contribution in [-0.2, 0) is 6.42 Å². The van der Waals surface area contributed by atoms with Crippen LogP contribution in [0, 0.1) is 11.3 Å². The SMILES string of the molecule is CCc1ccc(-n2cc(-c3ccnc(N)n3)c3cc(C#N)ccc32)cc1. The third-order valence-electron chi connectivity index (χ3n) is 4.51. The van der Waals surface area contributed by atoms with Crippen molar-refractivity contribution < 1.29 is 0 Å². The Hall–Kier alpha value is -3.65. The van der Waals surface area contributed by atoms with E-state index in [1.165, 1.54) is 5.56 Å². The zero-order valence-corrected chi connectivity index (χ0v) is 14.3. The fraction of sp³-hybridized carbons (Fsp3) is 0.0952. The maximum atomic E-state index is 9.28. The number of nitrogen functional groups attached to an aromatic ring is 1. The molecule has 0 unspecified atom stereocenters. The maximum absolute atomic E-state index is 9.28. The number of nitrogens with two attached hydrogens (primary N) is 1. The van der Waals surface area contributed by atoms with E-state index in [9.17, 15) is 5.26 Å². The second-order valence-electron chi connectivity index (χ2n) is 6.08. The van der Waals surface area contributed by atoms with Crippen molar-refractivity contribution in [3.8, 4) is 23.0 Å². The number of aromatic nitrogens is 3. The molecule has 0 saturated heterocycles. The molecule has 0 aliphatic carbocycles. The number of aryl methyl sites for hydroxylation is 1. The number of hydrogen-bond donors (Lipinski definition) is 1. The Morgan fingerprint density at radius 1 is 1.12 bits per heavy atom. The van der Waals surface area contributed by atoms with Gasteiger partial charge in [-0.1, -0.05) is 19.1 Å². The lowest BCUT2D eigenvalue weighted by atomic mass is 10.1. The molecule has 126 valence electrons. The van der Waals surface area contributed by atoms with Gasteiger partial charge >= 0.3 is 0 Å². The molecule has 0 amide bonds. The summed E-state index contributed by atoms with van der Waals surface area (Å²) in [6.07, 6.45) is 4.68. The molecule has 4 aromatic rings. The quantitative estimate of drug-likeness (QED) is 0.609. The molecule has 0 saturated carbocycles. The van der Waals surface area contributed by atoms with E-state index in [2.05, 4.69) is 51.8 Å². The molecule has 2 aromatic carbocycles. The smallest absolute Gasteiger partial charge is 0.220 e. The van der Waals surface area contributed by atoms with Crippen LogP contribution in [0.3, 0.4) is 0 Å². The summed E-state index contributed by atoms with van der Waals surface area (Å²) in [6.45, 7) is 2.14. The average Bonchev–Trinajstić information content (AvgIpc) is 3.06. The second-order valence-corrected chi connectivity index (χ2v) is 6.08. The van der Waals surface area contributed by atoms with Crippen molar-refractivity contribution in [1.29, 1.82) is 5.26 Å². The molecule has 4 rings (SSSR count). The predicted octanol–water partition coefficient (Wildman–Crippen LogP) is 4.10. The van der Waals surface area contributed by atoms with Gasteiger partial charge in [0.2, 0.25) is 5.95 Å². The molecule has 0 aliphatic rings. The Bertz CT molecular complexity index is 1130. The lowest BCUT2D eigenvalue weighted by Gasteiger charge is -2.06. The van der Waals surface area contributed by atoms with Gasteiger partial charge in [-0.3, -0.25) is 0 Å². The van der Waals surface area contributed by atoms with Crippen molar-refractivity contribution in [3.63, 3.8) is 0 Å². The molecular weight excluding hydrogens is 322 g/mol. The number of nitrogens with zero attached hydrogens (tertiary/aromatic N) is 4. The Morgan fingerprint density at radius 3 is 2.62 bits per heavy atom. The van der Waals surface area contributed by atoms with Gasteiger partial charge in [-0.15, -0.1) is 0 Å². The first kappa shape index (κ1) is 15.9. The van der Waals surface area contributed by atoms with Crippen LogP contribution >= 0.6 is 0 Å². The normalized spacial score (nSPS) is 10.8. The fourth-order valence-corrected chi connectivity index (χ4v) is 3.13. The zero-order chi connectivity index (χ0) is 18.1. The highest BCUT2D eigenvalue weighted by Crippen LogP contribution is 2.32. The van der Waals surface area contributed by atoms with Crippen molar-refractivity contribution in [2.45, 2.75) is 13.3 Å². The van der Waals surface area contributed by atoms with E-state index >= 15 is 0 Å². The summed E-state index contributed by atoms with van der Waals surface area (Å²) in [4.78, 5) is 8.32. The highest BCUT2D eigenvalue weighted by Gasteiger charge is 2.14. The molecule has 2 aromatic heterocycles. The number of anilines is 1. The lowest BCUT2D eigenvalue weighted by molar-refractivity contribution is 1.10. The molecule has 0 radical (unpaired) electrons. The minimum Gasteiger partial charge on any atom is -0.368 e. The molecule has 2 heterocycles. The number of benzene rings is 2. The van der Waals surface area contributed by atoms with E-state index < -0.39 is 0 Å². The minimum absolute atomic E-state index is 0.229. The summed E-state index contributed by atoms with van der Waals surface area (Å²) >= 11 is 0. The molecular formula is C21H17N5. The van der Waals surface area contributed by atoms with E-state index in [0.717, 1.165) is 34.3 Å². The summed E-state index contributed by atoms with van der Waals surface area (Å²) in [5.74, 6) is 0.229. The Kier molecular flexibility index (Phi) is 3.86. The van der Waals surface area contributed by atoms with E-state index in [-0.39, 0.29) is 5.95 Å². The van der Waals surface area contributed by atoms with Gasteiger partial charge in [-0.2, -0.15) is 5.26 Å². The monoisotopic (exact) mass is 339 g/mol. The third kappa shape index (κ3) is 2.68. The van der Waals surface area contributed by atoms with Gasteiger partial charge in [-0.05, 0) is 48.4 Å². The van der Waals surface area contributed by atoms with Crippen LogP contribution in [0.1, 0.15) is 18.1 Å². The highest BCUT2D eigenvalue weighted by molar-refractivity contribution is 5.97. The van der Waals surface area contributed by atoms with Crippen molar-refractivity contribution in [1.82, 2.24) is 14.5 Å². The second kappa shape index (κ2) is 6.34. The Morgan fingerprint density at radius 2 is 1.92 bits per heavy atom. The van der Waals surface area contributed by atoms with Gasteiger partial charge in [0.05, 0.1) is 22.8 Å². The minimum atomic E-state index is 0.229. The molecule has 0 atom stereocenters. The van der Waals surface area contributed by atoms with Crippen molar-refractivity contribution in [2.75, 3.05) is 5.73 Å². The van der Waals surface area contributed by atoms with Crippen LogP contribution in [-0.4, -0.2) is 14.5 Å². The van der Waals surface area contributed by atoms with Crippen LogP contribution < -0.4 is 5.73 Å². The van der Waals surface area contributed by atoms with Gasteiger partial charge in [0.25, 0.3) is 0 Å². The van der Waals surface area contributed by atoms with Crippen LogP contribution in [0.4, 0.5) is 5.95 Å². The van der Waals surface area contributed by atoms with E-state index in [0.29, 0.717) is 5.56 Å². The van der Waals surface area contributed by atoms with E-state index in [4.69, 9.17) is 5.73 Å². The topological polar surface area (TPSA) is 80.5 Å². The van der Waals surface area contributed by atoms with Crippen molar-refractivity contribution in [3.05, 3.63) is 72.1 Å². The summed E-state index contributed by atoms with van der Waals surface area (Å²) < 4.78 is 2.11. The van der Waals surface area contributed by atoms with Crippen LogP contribution in [0.5, 0.6) is 0 Å². The molecule has 5 heteroatoms. The number of rotatable bonds is 3. The number of nitriles is 1. The first-order chi connectivity index (χ1) is 12.7. The highest BCUT2D eigenvalue weighted by atomic mass is 15.0. The molecule has 0 spiro atoms. The predicted molar refractivity (Wildman–Crippen MR) is 103 cm³/mol. The van der Waals surface area contributed by atoms with Crippen LogP contribution in [0.15, 0.2) is 60.9 Å². The van der Waals surface area contributed by atoms with Gasteiger partial charge in [0.1, 0.15) is 0 Å². The number of hydrogen-bond acceptors (Lipinski definition) is 4. The molecule has 0 bridgehead atoms. The van der Waals surface area contributed by atoms with Gasteiger partial charge in [-0.25, -0.2) is 9.97 Å². The number of fused-ring (bicyclic) bond motifs is 1. The van der Waals surface area contributed by atoms with Crippen LogP contribution in [0.25, 0.3) is 27.8 Å². The van der Waals surface area contributed by atoms with Crippen molar-refractivity contribution in [2.24, 2.45) is 0 Å². The molecule has 26 heavy (non-hydrogen) atoms. The van der Waals surface area contributed by atoms with Crippen molar-refractivity contribution >= 4 is 16.9 Å². The molecule has 0 fully saturated rings. The molecule has 0 aliphatic heterocycles. The maximum Gasteiger partial charge on any atom is 0.220 e. The third-order valence-corrected chi connectivity index (χ3v) is 4.51. The first-order valence-corrected chi connectivity index (χ1v) is 8.43. The zero-order valence-electron chi connectivity index (χ0n) is 14.3. The Balaban J connectivity index is 1.98. The van der Waals surface area contributed by atoms with E-state index in [1.807, 2.05) is 30.5 Å². The lowest BCUT2D eigenvalue weighted by Crippen LogP contribution is -1.95. The standard InChI is InChI=1S/C21H17N5/c1-2-14-3-6-16(7-4-14)26-13-18(19-9-10-24-21(23)25-19)17-11-15(12-22)5-8-20(17)26/h3-11,13H,2H2,1H3,(H2,23,24,25). The average molecular weight is 339 g/mol. The largest absolute Gasteiger partial charge is 0.368 e. The van der Waals surface area contributed by atoms with Crippen LogP contribution in [0.2, 0.25) is 0 Å². The first-order valence-electron chi connectivity index (χ1n) is 8.43.